The van der Waals surface area contributed by atoms with Crippen LogP contribution in [0.4, 0.5) is 4.79 Å². The van der Waals surface area contributed by atoms with Crippen molar-refractivity contribution in [1.29, 1.82) is 0 Å². The van der Waals surface area contributed by atoms with Crippen LogP contribution in [0, 0.1) is 5.92 Å². The summed E-state index contributed by atoms with van der Waals surface area (Å²) in [5.41, 5.74) is -1.63. The summed E-state index contributed by atoms with van der Waals surface area (Å²) in [6, 6.07) is 0. The Kier molecular flexibility index (Phi) is 11.0. The summed E-state index contributed by atoms with van der Waals surface area (Å²) in [7, 11) is -5.17. The fraction of sp³-hybridized carbons (Fsp3) is 0.857. The van der Waals surface area contributed by atoms with Crippen molar-refractivity contribution in [1.82, 2.24) is 0 Å². The molecule has 1 aliphatic carbocycles. The van der Waals surface area contributed by atoms with E-state index in [1.54, 1.807) is 0 Å². The first kappa shape index (κ1) is 19.0. The van der Waals surface area contributed by atoms with Crippen molar-refractivity contribution in [2.24, 2.45) is 5.92 Å². The zero-order valence-electron chi connectivity index (χ0n) is 9.10. The van der Waals surface area contributed by atoms with Gasteiger partial charge in [-0.3, -0.25) is 0 Å². The van der Waals surface area contributed by atoms with Gasteiger partial charge in [0, 0.05) is 7.60 Å². The molecular weight excluding hydrogens is 241 g/mol. The Bertz CT molecular complexity index is 236. The van der Waals surface area contributed by atoms with Gasteiger partial charge in [-0.2, -0.15) is 0 Å². The normalized spacial score (nSPS) is 16.4. The van der Waals surface area contributed by atoms with E-state index in [4.69, 9.17) is 0 Å². The van der Waals surface area contributed by atoms with Crippen molar-refractivity contribution < 1.29 is 83.0 Å². The van der Waals surface area contributed by atoms with Crippen LogP contribution in [0.2, 0.25) is 0 Å². The van der Waals surface area contributed by atoms with E-state index in [0.29, 0.717) is 0 Å². The molecule has 1 saturated carbocycles. The average molecular weight is 252 g/mol. The first-order valence-electron chi connectivity index (χ1n) is 4.19. The molecule has 0 spiro atoms. The molecule has 0 radical (unpaired) electrons. The van der Waals surface area contributed by atoms with Gasteiger partial charge in [-0.25, -0.2) is 4.79 Å². The van der Waals surface area contributed by atoms with Crippen molar-refractivity contribution in [3.05, 3.63) is 0 Å². The monoisotopic (exact) mass is 252 g/mol. The molecule has 0 saturated heterocycles. The molecule has 0 aromatic rings. The van der Waals surface area contributed by atoms with Crippen LogP contribution in [0.25, 0.3) is 0 Å². The van der Waals surface area contributed by atoms with Crippen LogP contribution in [-0.2, 0) is 9.30 Å². The average Bonchev–Trinajstić information content (AvgIpc) is 2.50. The SMILES string of the molecule is O=C(OCC1CCCC1)P(=O)([O-])[O-].[Na+].[Na+]. The van der Waals surface area contributed by atoms with E-state index < -0.39 is 13.3 Å². The molecule has 0 N–H and O–H groups in total. The largest absolute Gasteiger partial charge is 1.00 e. The van der Waals surface area contributed by atoms with Crippen molar-refractivity contribution in [3.63, 3.8) is 0 Å². The summed E-state index contributed by atoms with van der Waals surface area (Å²) in [4.78, 5) is 30.8. The number of carbonyl (C=O) groups excluding carboxylic acids is 1. The minimum atomic E-state index is -5.17. The van der Waals surface area contributed by atoms with Gasteiger partial charge in [0.25, 0.3) is 0 Å². The molecule has 1 rings (SSSR count). The fourth-order valence-electron chi connectivity index (χ4n) is 1.45. The van der Waals surface area contributed by atoms with Gasteiger partial charge in [-0.1, -0.05) is 12.8 Å². The maximum Gasteiger partial charge on any atom is 1.00 e. The van der Waals surface area contributed by atoms with E-state index in [1.807, 2.05) is 0 Å². The van der Waals surface area contributed by atoms with Crippen molar-refractivity contribution in [2.45, 2.75) is 25.7 Å². The molecule has 1 fully saturated rings. The summed E-state index contributed by atoms with van der Waals surface area (Å²) < 4.78 is 14.5. The van der Waals surface area contributed by atoms with E-state index in [-0.39, 0.29) is 71.6 Å². The number of hydrogen-bond acceptors (Lipinski definition) is 5. The van der Waals surface area contributed by atoms with Crippen LogP contribution >= 0.6 is 7.60 Å². The van der Waals surface area contributed by atoms with Crippen LogP contribution in [0.5, 0.6) is 0 Å². The predicted molar refractivity (Wildman–Crippen MR) is 40.9 cm³/mol. The molecule has 0 aromatic carbocycles. The minimum Gasteiger partial charge on any atom is -0.803 e. The van der Waals surface area contributed by atoms with Crippen LogP contribution in [0.1, 0.15) is 25.7 Å². The van der Waals surface area contributed by atoms with E-state index in [1.165, 1.54) is 0 Å². The van der Waals surface area contributed by atoms with E-state index >= 15 is 0 Å². The summed E-state index contributed by atoms with van der Waals surface area (Å²) in [6.45, 7) is 0.0628. The van der Waals surface area contributed by atoms with Gasteiger partial charge in [0.05, 0.1) is 6.61 Å². The fourth-order valence-corrected chi connectivity index (χ4v) is 1.68. The van der Waals surface area contributed by atoms with Crippen molar-refractivity contribution in [3.8, 4) is 0 Å². The van der Waals surface area contributed by atoms with Gasteiger partial charge in [0.15, 0.2) is 0 Å². The third-order valence-corrected chi connectivity index (χ3v) is 2.72. The molecular formula is C7H11Na2O5P. The Labute approximate surface area is 133 Å². The number of ether oxygens (including phenoxy) is 1. The van der Waals surface area contributed by atoms with Crippen molar-refractivity contribution >= 4 is 13.3 Å². The van der Waals surface area contributed by atoms with Crippen molar-refractivity contribution in [2.75, 3.05) is 6.61 Å². The Balaban J connectivity index is 0. The standard InChI is InChI=1S/C7H13O5P.2Na/c8-7(13(9,10)11)12-5-6-3-1-2-4-6;;/h6H,1-5H2,(H2,9,10,11);;/q;2*+1/p-2. The van der Waals surface area contributed by atoms with E-state index in [0.717, 1.165) is 25.7 Å². The second kappa shape index (κ2) is 8.67. The molecule has 5 nitrogen and oxygen atoms in total. The quantitative estimate of drug-likeness (QED) is 0.369. The predicted octanol–water partition coefficient (Wildman–Crippen LogP) is -5.77. The first-order valence-corrected chi connectivity index (χ1v) is 5.74. The van der Waals surface area contributed by atoms with Crippen LogP contribution in [-0.4, -0.2) is 12.3 Å². The molecule has 76 valence electrons. The topological polar surface area (TPSA) is 89.5 Å². The first-order chi connectivity index (χ1) is 6.00. The Morgan fingerprint density at radius 2 is 1.73 bits per heavy atom. The summed E-state index contributed by atoms with van der Waals surface area (Å²) in [6.07, 6.45) is 4.04. The third kappa shape index (κ3) is 7.53. The maximum atomic E-state index is 10.5. The maximum absolute atomic E-state index is 10.5. The minimum absolute atomic E-state index is 0. The van der Waals surface area contributed by atoms with E-state index in [2.05, 4.69) is 4.74 Å². The smallest absolute Gasteiger partial charge is 0.803 e. The molecule has 1 aliphatic rings. The molecule has 0 aliphatic heterocycles. The zero-order chi connectivity index (χ0) is 9.90. The molecule has 0 atom stereocenters. The second-order valence-electron chi connectivity index (χ2n) is 3.22. The third-order valence-electron chi connectivity index (χ3n) is 2.14. The molecule has 0 heterocycles. The van der Waals surface area contributed by atoms with Crippen LogP contribution in [0.15, 0.2) is 0 Å². The Morgan fingerprint density at radius 3 is 2.13 bits per heavy atom. The summed E-state index contributed by atoms with van der Waals surface area (Å²) >= 11 is 0. The molecule has 0 aromatic heterocycles. The number of rotatable bonds is 3. The van der Waals surface area contributed by atoms with Gasteiger partial charge in [0.2, 0.25) is 0 Å². The van der Waals surface area contributed by atoms with Gasteiger partial charge < -0.3 is 19.1 Å². The molecule has 8 heteroatoms. The Morgan fingerprint density at radius 1 is 1.27 bits per heavy atom. The number of carbonyl (C=O) groups is 1. The number of hydrogen-bond donors (Lipinski definition) is 0. The molecule has 0 unspecified atom stereocenters. The summed E-state index contributed by atoms with van der Waals surface area (Å²) in [5.74, 6) is 0.232. The van der Waals surface area contributed by atoms with Gasteiger partial charge in [-0.15, -0.1) is 0 Å². The van der Waals surface area contributed by atoms with E-state index in [9.17, 15) is 19.1 Å². The Hall–Kier alpha value is 1.62. The molecule has 15 heavy (non-hydrogen) atoms. The van der Waals surface area contributed by atoms with Crippen LogP contribution < -0.4 is 68.9 Å². The van der Waals surface area contributed by atoms with Gasteiger partial charge in [0.1, 0.15) is 0 Å². The zero-order valence-corrected chi connectivity index (χ0v) is 14.0. The van der Waals surface area contributed by atoms with Crippen LogP contribution in [0.3, 0.4) is 0 Å². The molecule has 0 bridgehead atoms. The van der Waals surface area contributed by atoms with Gasteiger partial charge in [-0.05, 0) is 18.8 Å². The second-order valence-corrected chi connectivity index (χ2v) is 4.58. The van der Waals surface area contributed by atoms with Gasteiger partial charge >= 0.3 is 64.8 Å². The molecule has 0 amide bonds. The summed E-state index contributed by atoms with van der Waals surface area (Å²) in [5, 5.41) is 0.